The number of hydrogen-bond acceptors (Lipinski definition) is 5. The van der Waals surface area contributed by atoms with E-state index < -0.39 is 9.84 Å². The molecule has 2 rings (SSSR count). The zero-order chi connectivity index (χ0) is 12.3. The Kier molecular flexibility index (Phi) is 3.86. The van der Waals surface area contributed by atoms with Crippen LogP contribution >= 0.6 is 0 Å². The summed E-state index contributed by atoms with van der Waals surface area (Å²) in [6, 6.07) is 3.91. The molecule has 0 saturated carbocycles. The van der Waals surface area contributed by atoms with Crippen LogP contribution < -0.4 is 5.32 Å². The van der Waals surface area contributed by atoms with Gasteiger partial charge in [0.15, 0.2) is 9.84 Å². The molecule has 0 radical (unpaired) electrons. The lowest BCUT2D eigenvalue weighted by Crippen LogP contribution is -2.44. The fourth-order valence-electron chi connectivity index (χ4n) is 2.12. The van der Waals surface area contributed by atoms with Gasteiger partial charge < -0.3 is 9.73 Å². The summed E-state index contributed by atoms with van der Waals surface area (Å²) in [6.45, 7) is 1.92. The highest BCUT2D eigenvalue weighted by Crippen LogP contribution is 2.22. The van der Waals surface area contributed by atoms with Gasteiger partial charge in [0.05, 0.1) is 23.8 Å². The van der Waals surface area contributed by atoms with Crippen molar-refractivity contribution >= 4 is 9.84 Å². The average molecular weight is 258 g/mol. The molecular weight excluding hydrogens is 240 g/mol. The van der Waals surface area contributed by atoms with Crippen LogP contribution in [0.3, 0.4) is 0 Å². The Labute approximate surface area is 102 Å². The van der Waals surface area contributed by atoms with Gasteiger partial charge in [-0.2, -0.15) is 0 Å². The summed E-state index contributed by atoms with van der Waals surface area (Å²) in [5, 5.41) is 3.12. The van der Waals surface area contributed by atoms with Gasteiger partial charge in [-0.15, -0.1) is 0 Å². The Bertz CT molecular complexity index is 427. The molecule has 6 heteroatoms. The third-order valence-corrected chi connectivity index (χ3v) is 4.70. The summed E-state index contributed by atoms with van der Waals surface area (Å²) in [5.41, 5.74) is 0. The molecule has 1 N–H and O–H groups in total. The van der Waals surface area contributed by atoms with E-state index in [2.05, 4.69) is 10.2 Å². The molecule has 1 unspecified atom stereocenters. The number of hydrogen-bond donors (Lipinski definition) is 1. The van der Waals surface area contributed by atoms with Gasteiger partial charge in [0.25, 0.3) is 0 Å². The number of sulfone groups is 1. The van der Waals surface area contributed by atoms with Crippen LogP contribution in [-0.2, 0) is 9.84 Å². The molecule has 0 aliphatic carbocycles. The van der Waals surface area contributed by atoms with Crippen LogP contribution in [0, 0.1) is 0 Å². The van der Waals surface area contributed by atoms with Gasteiger partial charge in [-0.05, 0) is 19.2 Å². The van der Waals surface area contributed by atoms with Crippen molar-refractivity contribution in [3.8, 4) is 0 Å². The topological polar surface area (TPSA) is 62.6 Å². The van der Waals surface area contributed by atoms with Gasteiger partial charge >= 0.3 is 0 Å². The molecule has 1 aliphatic rings. The van der Waals surface area contributed by atoms with Gasteiger partial charge in [0.1, 0.15) is 5.76 Å². The number of rotatable bonds is 4. The van der Waals surface area contributed by atoms with Gasteiger partial charge in [-0.3, -0.25) is 4.90 Å². The van der Waals surface area contributed by atoms with Crippen molar-refractivity contribution in [3.05, 3.63) is 24.2 Å². The second-order valence-electron chi connectivity index (χ2n) is 4.28. The van der Waals surface area contributed by atoms with Crippen LogP contribution in [0.25, 0.3) is 0 Å². The predicted molar refractivity (Wildman–Crippen MR) is 65.6 cm³/mol. The molecule has 1 aromatic rings. The maximum Gasteiger partial charge on any atom is 0.152 e. The van der Waals surface area contributed by atoms with Crippen LogP contribution in [0.4, 0.5) is 0 Å². The first kappa shape index (κ1) is 12.6. The minimum absolute atomic E-state index is 0.116. The molecule has 0 aromatic carbocycles. The van der Waals surface area contributed by atoms with Crippen LogP contribution in [0.15, 0.2) is 22.8 Å². The van der Waals surface area contributed by atoms with Crippen LogP contribution in [-0.4, -0.2) is 51.5 Å². The van der Waals surface area contributed by atoms with Gasteiger partial charge in [0, 0.05) is 19.6 Å². The van der Waals surface area contributed by atoms with Crippen molar-refractivity contribution in [2.75, 3.05) is 38.2 Å². The molecule has 0 amide bonds. The van der Waals surface area contributed by atoms with Gasteiger partial charge in [-0.25, -0.2) is 8.42 Å². The zero-order valence-corrected chi connectivity index (χ0v) is 10.7. The van der Waals surface area contributed by atoms with Crippen LogP contribution in [0.1, 0.15) is 11.8 Å². The lowest BCUT2D eigenvalue weighted by Gasteiger charge is -2.33. The standard InChI is InChI=1S/C11H18N2O3S/c1-12-9-10(11-3-2-6-16-11)13-4-7-17(14,15)8-5-13/h2-3,6,10,12H,4-5,7-9H2,1H3. The van der Waals surface area contributed by atoms with Crippen molar-refractivity contribution < 1.29 is 12.8 Å². The summed E-state index contributed by atoms with van der Waals surface area (Å²) in [5.74, 6) is 1.38. The summed E-state index contributed by atoms with van der Waals surface area (Å²) in [4.78, 5) is 2.16. The first-order valence-corrected chi connectivity index (χ1v) is 7.57. The van der Waals surface area contributed by atoms with Crippen LogP contribution in [0.5, 0.6) is 0 Å². The van der Waals surface area contributed by atoms with Crippen LogP contribution in [0.2, 0.25) is 0 Å². The average Bonchev–Trinajstić information content (AvgIpc) is 2.80. The third kappa shape index (κ3) is 3.08. The Morgan fingerprint density at radius 1 is 1.47 bits per heavy atom. The Morgan fingerprint density at radius 3 is 2.71 bits per heavy atom. The fourth-order valence-corrected chi connectivity index (χ4v) is 3.35. The largest absolute Gasteiger partial charge is 0.468 e. The molecule has 5 nitrogen and oxygen atoms in total. The minimum Gasteiger partial charge on any atom is -0.468 e. The fraction of sp³-hybridized carbons (Fsp3) is 0.636. The molecule has 1 aliphatic heterocycles. The third-order valence-electron chi connectivity index (χ3n) is 3.09. The number of furan rings is 1. The second kappa shape index (κ2) is 5.20. The summed E-state index contributed by atoms with van der Waals surface area (Å²) in [6.07, 6.45) is 1.65. The first-order chi connectivity index (χ1) is 8.12. The molecule has 1 atom stereocenters. The molecule has 1 saturated heterocycles. The number of nitrogens with zero attached hydrogens (tertiary/aromatic N) is 1. The predicted octanol–water partition coefficient (Wildman–Crippen LogP) is 0.270. The SMILES string of the molecule is CNCC(c1ccco1)N1CCS(=O)(=O)CC1. The van der Waals surface area contributed by atoms with E-state index in [9.17, 15) is 8.42 Å². The molecule has 0 spiro atoms. The van der Waals surface area contributed by atoms with E-state index in [-0.39, 0.29) is 17.5 Å². The Hall–Kier alpha value is -0.850. The van der Waals surface area contributed by atoms with Crippen molar-refractivity contribution in [1.82, 2.24) is 10.2 Å². The van der Waals surface area contributed by atoms with Gasteiger partial charge in [-0.1, -0.05) is 0 Å². The van der Waals surface area contributed by atoms with E-state index in [1.807, 2.05) is 19.2 Å². The van der Waals surface area contributed by atoms with E-state index in [1.165, 1.54) is 0 Å². The zero-order valence-electron chi connectivity index (χ0n) is 9.93. The maximum absolute atomic E-state index is 11.4. The lowest BCUT2D eigenvalue weighted by molar-refractivity contribution is 0.187. The summed E-state index contributed by atoms with van der Waals surface area (Å²) >= 11 is 0. The lowest BCUT2D eigenvalue weighted by atomic mass is 10.2. The van der Waals surface area contributed by atoms with E-state index in [0.29, 0.717) is 13.1 Å². The highest BCUT2D eigenvalue weighted by atomic mass is 32.2. The smallest absolute Gasteiger partial charge is 0.152 e. The second-order valence-corrected chi connectivity index (χ2v) is 6.58. The molecule has 0 bridgehead atoms. The molecule has 17 heavy (non-hydrogen) atoms. The number of likely N-dealkylation sites (N-methyl/N-ethyl adjacent to an activating group) is 1. The van der Waals surface area contributed by atoms with E-state index in [4.69, 9.17) is 4.42 Å². The summed E-state index contributed by atoms with van der Waals surface area (Å²) in [7, 11) is -0.940. The highest BCUT2D eigenvalue weighted by molar-refractivity contribution is 7.91. The van der Waals surface area contributed by atoms with Crippen molar-refractivity contribution in [2.45, 2.75) is 6.04 Å². The Balaban J connectivity index is 2.08. The van der Waals surface area contributed by atoms with E-state index in [1.54, 1.807) is 6.26 Å². The maximum atomic E-state index is 11.4. The van der Waals surface area contributed by atoms with Crippen molar-refractivity contribution in [2.24, 2.45) is 0 Å². The Morgan fingerprint density at radius 2 is 2.18 bits per heavy atom. The molecule has 1 fully saturated rings. The quantitative estimate of drug-likeness (QED) is 0.840. The normalized spacial score (nSPS) is 22.4. The molecule has 2 heterocycles. The van der Waals surface area contributed by atoms with Gasteiger partial charge in [0.2, 0.25) is 0 Å². The first-order valence-electron chi connectivity index (χ1n) is 5.75. The highest BCUT2D eigenvalue weighted by Gasteiger charge is 2.28. The van der Waals surface area contributed by atoms with Crippen molar-refractivity contribution in [1.29, 1.82) is 0 Å². The summed E-state index contributed by atoms with van der Waals surface area (Å²) < 4.78 is 28.2. The van der Waals surface area contributed by atoms with Crippen molar-refractivity contribution in [3.63, 3.8) is 0 Å². The van der Waals surface area contributed by atoms with E-state index >= 15 is 0 Å². The van der Waals surface area contributed by atoms with E-state index in [0.717, 1.165) is 12.3 Å². The monoisotopic (exact) mass is 258 g/mol. The number of nitrogens with one attached hydrogen (secondary N) is 1. The molecule has 96 valence electrons. The molecule has 1 aromatic heterocycles. The molecular formula is C11H18N2O3S. The minimum atomic E-state index is -2.83.